The highest BCUT2D eigenvalue weighted by Crippen LogP contribution is 2.20. The fourth-order valence-corrected chi connectivity index (χ4v) is 1.60. The lowest BCUT2D eigenvalue weighted by Crippen LogP contribution is -2.23. The fourth-order valence-electron chi connectivity index (χ4n) is 1.48. The van der Waals surface area contributed by atoms with E-state index < -0.39 is 0 Å². The van der Waals surface area contributed by atoms with Crippen molar-refractivity contribution in [2.75, 3.05) is 7.11 Å². The predicted molar refractivity (Wildman–Crippen MR) is 70.8 cm³/mol. The number of ether oxygens (including phenoxy) is 1. The average Bonchev–Trinajstić information content (AvgIpc) is 2.30. The number of Topliss-reactive ketones (excluding diaryl/α,β-unsaturated/α-hetero) is 1. The number of carbonyl (C=O) groups excluding carboxylic acids is 1. The zero-order valence-corrected chi connectivity index (χ0v) is 11.6. The molecule has 0 aliphatic carbocycles. The molecule has 0 aliphatic heterocycles. The zero-order chi connectivity index (χ0) is 13.1. The van der Waals surface area contributed by atoms with E-state index in [1.807, 2.05) is 26.8 Å². The second-order valence-corrected chi connectivity index (χ2v) is 5.26. The quantitative estimate of drug-likeness (QED) is 0.742. The van der Waals surface area contributed by atoms with Gasteiger partial charge in [0.05, 0.1) is 5.60 Å². The Morgan fingerprint density at radius 1 is 1.41 bits per heavy atom. The zero-order valence-electron chi connectivity index (χ0n) is 10.8. The van der Waals surface area contributed by atoms with Crippen molar-refractivity contribution in [2.45, 2.75) is 39.2 Å². The SMILES string of the molecule is COC(C)(C)CCC(=O)c1ccc(Cl)c(C)c1. The Balaban J connectivity index is 2.68. The Hall–Kier alpha value is -0.860. The maximum absolute atomic E-state index is 12.0. The first-order chi connectivity index (χ1) is 7.85. The molecular formula is C14H19ClO2. The summed E-state index contributed by atoms with van der Waals surface area (Å²) in [5.41, 5.74) is 1.40. The molecule has 0 amide bonds. The van der Waals surface area contributed by atoms with E-state index in [4.69, 9.17) is 16.3 Å². The maximum atomic E-state index is 12.0. The molecule has 0 radical (unpaired) electrons. The van der Waals surface area contributed by atoms with Crippen LogP contribution in [-0.2, 0) is 4.74 Å². The van der Waals surface area contributed by atoms with Crippen LogP contribution in [-0.4, -0.2) is 18.5 Å². The summed E-state index contributed by atoms with van der Waals surface area (Å²) < 4.78 is 5.29. The van der Waals surface area contributed by atoms with E-state index >= 15 is 0 Å². The minimum Gasteiger partial charge on any atom is -0.379 e. The highest BCUT2D eigenvalue weighted by molar-refractivity contribution is 6.31. The molecule has 0 N–H and O–H groups in total. The molecule has 0 fully saturated rings. The summed E-state index contributed by atoms with van der Waals surface area (Å²) in [6.45, 7) is 5.86. The molecule has 2 nitrogen and oxygen atoms in total. The van der Waals surface area contributed by atoms with Crippen molar-refractivity contribution in [2.24, 2.45) is 0 Å². The Labute approximate surface area is 108 Å². The first-order valence-electron chi connectivity index (χ1n) is 5.70. The number of aryl methyl sites for hydroxylation is 1. The molecule has 94 valence electrons. The molecule has 0 aliphatic rings. The second kappa shape index (κ2) is 5.65. The predicted octanol–water partition coefficient (Wildman–Crippen LogP) is 4.04. The molecule has 0 aromatic heterocycles. The van der Waals surface area contributed by atoms with Gasteiger partial charge in [0.15, 0.2) is 5.78 Å². The van der Waals surface area contributed by atoms with Gasteiger partial charge < -0.3 is 4.74 Å². The van der Waals surface area contributed by atoms with Crippen molar-refractivity contribution in [3.05, 3.63) is 34.3 Å². The van der Waals surface area contributed by atoms with Crippen LogP contribution < -0.4 is 0 Å². The highest BCUT2D eigenvalue weighted by Gasteiger charge is 2.18. The van der Waals surface area contributed by atoms with E-state index in [1.54, 1.807) is 19.2 Å². The summed E-state index contributed by atoms with van der Waals surface area (Å²) in [5, 5.41) is 0.693. The van der Waals surface area contributed by atoms with Gasteiger partial charge in [-0.15, -0.1) is 0 Å². The van der Waals surface area contributed by atoms with Gasteiger partial charge in [-0.2, -0.15) is 0 Å². The second-order valence-electron chi connectivity index (χ2n) is 4.85. The Bertz CT molecular complexity index is 411. The van der Waals surface area contributed by atoms with E-state index in [0.29, 0.717) is 17.9 Å². The van der Waals surface area contributed by atoms with Crippen LogP contribution in [0.1, 0.15) is 42.6 Å². The topological polar surface area (TPSA) is 26.3 Å². The van der Waals surface area contributed by atoms with Crippen LogP contribution >= 0.6 is 11.6 Å². The summed E-state index contributed by atoms with van der Waals surface area (Å²) in [5.74, 6) is 0.134. The van der Waals surface area contributed by atoms with Gasteiger partial charge in [0.1, 0.15) is 0 Å². The fraction of sp³-hybridized carbons (Fsp3) is 0.500. The van der Waals surface area contributed by atoms with Crippen molar-refractivity contribution in [3.8, 4) is 0 Å². The lowest BCUT2D eigenvalue weighted by atomic mass is 9.97. The van der Waals surface area contributed by atoms with E-state index in [0.717, 1.165) is 11.1 Å². The molecule has 0 atom stereocenters. The van der Waals surface area contributed by atoms with Crippen LogP contribution in [0.25, 0.3) is 0 Å². The number of hydrogen-bond donors (Lipinski definition) is 0. The van der Waals surface area contributed by atoms with Gasteiger partial charge in [0.2, 0.25) is 0 Å². The summed E-state index contributed by atoms with van der Waals surface area (Å²) in [7, 11) is 1.66. The molecule has 0 bridgehead atoms. The van der Waals surface area contributed by atoms with E-state index in [-0.39, 0.29) is 11.4 Å². The maximum Gasteiger partial charge on any atom is 0.162 e. The number of ketones is 1. The molecule has 1 aromatic rings. The van der Waals surface area contributed by atoms with Gasteiger partial charge in [-0.25, -0.2) is 0 Å². The van der Waals surface area contributed by atoms with Crippen molar-refractivity contribution in [1.82, 2.24) is 0 Å². The van der Waals surface area contributed by atoms with E-state index in [2.05, 4.69) is 0 Å². The average molecular weight is 255 g/mol. The van der Waals surface area contributed by atoms with E-state index in [1.165, 1.54) is 0 Å². The van der Waals surface area contributed by atoms with Crippen molar-refractivity contribution in [1.29, 1.82) is 0 Å². The lowest BCUT2D eigenvalue weighted by molar-refractivity contribution is 0.0141. The number of benzene rings is 1. The van der Waals surface area contributed by atoms with E-state index in [9.17, 15) is 4.79 Å². The molecule has 1 rings (SSSR count). The number of hydrogen-bond acceptors (Lipinski definition) is 2. The van der Waals surface area contributed by atoms with Crippen LogP contribution in [0.5, 0.6) is 0 Å². The summed E-state index contributed by atoms with van der Waals surface area (Å²) in [6, 6.07) is 5.38. The van der Waals surface area contributed by atoms with Gasteiger partial charge in [-0.1, -0.05) is 11.6 Å². The van der Waals surface area contributed by atoms with Gasteiger partial charge >= 0.3 is 0 Å². The summed E-state index contributed by atoms with van der Waals surface area (Å²) >= 11 is 5.93. The third-order valence-electron chi connectivity index (χ3n) is 2.99. The first-order valence-corrected chi connectivity index (χ1v) is 6.08. The number of rotatable bonds is 5. The molecule has 0 unspecified atom stereocenters. The molecule has 17 heavy (non-hydrogen) atoms. The van der Waals surface area contributed by atoms with Gasteiger partial charge in [0, 0.05) is 24.1 Å². The first kappa shape index (κ1) is 14.2. The molecule has 3 heteroatoms. The lowest BCUT2D eigenvalue weighted by Gasteiger charge is -2.22. The Kier molecular flexibility index (Phi) is 4.72. The number of methoxy groups -OCH3 is 1. The third kappa shape index (κ3) is 4.14. The number of halogens is 1. The molecule has 0 saturated heterocycles. The standard InChI is InChI=1S/C14H19ClO2/c1-10-9-11(5-6-12(10)15)13(16)7-8-14(2,3)17-4/h5-6,9H,7-8H2,1-4H3. The monoisotopic (exact) mass is 254 g/mol. The van der Waals surface area contributed by atoms with Crippen LogP contribution in [0.2, 0.25) is 5.02 Å². The van der Waals surface area contributed by atoms with Crippen molar-refractivity contribution < 1.29 is 9.53 Å². The molecule has 0 saturated carbocycles. The number of carbonyl (C=O) groups is 1. The summed E-state index contributed by atoms with van der Waals surface area (Å²) in [4.78, 5) is 12.0. The summed E-state index contributed by atoms with van der Waals surface area (Å²) in [6.07, 6.45) is 1.20. The van der Waals surface area contributed by atoms with Crippen molar-refractivity contribution >= 4 is 17.4 Å². The van der Waals surface area contributed by atoms with Crippen LogP contribution in [0.15, 0.2) is 18.2 Å². The Morgan fingerprint density at radius 3 is 2.59 bits per heavy atom. The van der Waals surface area contributed by atoms with Gasteiger partial charge in [-0.05, 0) is 51.0 Å². The normalized spacial score (nSPS) is 11.6. The molecule has 0 spiro atoms. The van der Waals surface area contributed by atoms with Crippen LogP contribution in [0.4, 0.5) is 0 Å². The molecule has 0 heterocycles. The minimum atomic E-state index is -0.253. The smallest absolute Gasteiger partial charge is 0.162 e. The highest BCUT2D eigenvalue weighted by atomic mass is 35.5. The molecule has 1 aromatic carbocycles. The minimum absolute atomic E-state index is 0.134. The molecular weight excluding hydrogens is 236 g/mol. The third-order valence-corrected chi connectivity index (χ3v) is 3.41. The van der Waals surface area contributed by atoms with Crippen LogP contribution in [0, 0.1) is 6.92 Å². The van der Waals surface area contributed by atoms with Gasteiger partial charge in [-0.3, -0.25) is 4.79 Å². The van der Waals surface area contributed by atoms with Crippen molar-refractivity contribution in [3.63, 3.8) is 0 Å². The Morgan fingerprint density at radius 2 is 2.06 bits per heavy atom. The largest absolute Gasteiger partial charge is 0.379 e. The van der Waals surface area contributed by atoms with Crippen LogP contribution in [0.3, 0.4) is 0 Å². The van der Waals surface area contributed by atoms with Gasteiger partial charge in [0.25, 0.3) is 0 Å².